The molecule has 0 atom stereocenters. The van der Waals surface area contributed by atoms with Crippen molar-refractivity contribution in [3.63, 3.8) is 0 Å². The average Bonchev–Trinajstić information content (AvgIpc) is 2.69. The van der Waals surface area contributed by atoms with Gasteiger partial charge in [-0.05, 0) is 46.5 Å². The molecule has 0 N–H and O–H groups in total. The van der Waals surface area contributed by atoms with Crippen molar-refractivity contribution >= 4 is 12.0 Å². The zero-order valence-corrected chi connectivity index (χ0v) is 18.7. The molecular formula is C23H38N2O4. The van der Waals surface area contributed by atoms with Gasteiger partial charge in [-0.1, -0.05) is 31.1 Å². The molecule has 0 radical (unpaired) electrons. The summed E-state index contributed by atoms with van der Waals surface area (Å²) in [7, 11) is 1.87. The highest BCUT2D eigenvalue weighted by molar-refractivity contribution is 5.78. The van der Waals surface area contributed by atoms with Crippen molar-refractivity contribution in [2.75, 3.05) is 39.9 Å². The molecule has 1 aliphatic carbocycles. The standard InChI is InChI=1S/C23H38N2O4/c1-23(2,3)29-22(27)25-14-12-19(13-15-25)9-8-17-28-18-16-24(4)21(26)20-10-6-5-7-11-20/h19-20H,5-7,10-18H2,1-4H3. The van der Waals surface area contributed by atoms with Gasteiger partial charge in [0.05, 0.1) is 6.61 Å². The summed E-state index contributed by atoms with van der Waals surface area (Å²) in [5.41, 5.74) is -0.458. The summed E-state index contributed by atoms with van der Waals surface area (Å²) in [4.78, 5) is 28.0. The molecule has 6 nitrogen and oxygen atoms in total. The summed E-state index contributed by atoms with van der Waals surface area (Å²) in [6, 6.07) is 0. The van der Waals surface area contributed by atoms with E-state index in [1.807, 2.05) is 27.8 Å². The number of hydrogen-bond acceptors (Lipinski definition) is 4. The van der Waals surface area contributed by atoms with Gasteiger partial charge >= 0.3 is 6.09 Å². The minimum atomic E-state index is -0.458. The molecule has 1 aliphatic heterocycles. The SMILES string of the molecule is CN(CCOCC#CC1CCN(C(=O)OC(C)(C)C)CC1)C(=O)C1CCCCC1. The number of carbonyl (C=O) groups excluding carboxylic acids is 2. The molecule has 1 heterocycles. The Morgan fingerprint density at radius 3 is 2.34 bits per heavy atom. The average molecular weight is 407 g/mol. The maximum atomic E-state index is 12.4. The third kappa shape index (κ3) is 8.65. The fraction of sp³-hybridized carbons (Fsp3) is 0.826. The highest BCUT2D eigenvalue weighted by Gasteiger charge is 2.26. The molecule has 0 bridgehead atoms. The van der Waals surface area contributed by atoms with Gasteiger partial charge in [0.15, 0.2) is 0 Å². The van der Waals surface area contributed by atoms with Crippen molar-refractivity contribution < 1.29 is 19.1 Å². The van der Waals surface area contributed by atoms with E-state index in [1.54, 1.807) is 9.80 Å². The Balaban J connectivity index is 1.57. The van der Waals surface area contributed by atoms with Gasteiger partial charge in [-0.2, -0.15) is 0 Å². The summed E-state index contributed by atoms with van der Waals surface area (Å²) >= 11 is 0. The van der Waals surface area contributed by atoms with Gasteiger partial charge in [-0.25, -0.2) is 4.79 Å². The molecular weight excluding hydrogens is 368 g/mol. The monoisotopic (exact) mass is 406 g/mol. The van der Waals surface area contributed by atoms with Crippen molar-refractivity contribution in [3.8, 4) is 11.8 Å². The molecule has 2 aliphatic rings. The molecule has 0 aromatic carbocycles. The fourth-order valence-corrected chi connectivity index (χ4v) is 3.81. The normalized spacial score (nSPS) is 18.7. The zero-order valence-electron chi connectivity index (χ0n) is 18.7. The van der Waals surface area contributed by atoms with Gasteiger partial charge in [0.2, 0.25) is 5.91 Å². The van der Waals surface area contributed by atoms with Gasteiger partial charge in [-0.15, -0.1) is 0 Å². The number of carbonyl (C=O) groups is 2. The van der Waals surface area contributed by atoms with E-state index in [4.69, 9.17) is 9.47 Å². The van der Waals surface area contributed by atoms with E-state index in [0.29, 0.717) is 38.8 Å². The Bertz CT molecular complexity index is 588. The van der Waals surface area contributed by atoms with Crippen LogP contribution in [0.5, 0.6) is 0 Å². The molecule has 0 aromatic rings. The maximum absolute atomic E-state index is 12.4. The summed E-state index contributed by atoms with van der Waals surface area (Å²) in [6.07, 6.45) is 7.16. The largest absolute Gasteiger partial charge is 0.444 e. The molecule has 164 valence electrons. The minimum Gasteiger partial charge on any atom is -0.444 e. The summed E-state index contributed by atoms with van der Waals surface area (Å²) in [6.45, 7) is 8.53. The fourth-order valence-electron chi connectivity index (χ4n) is 3.81. The summed E-state index contributed by atoms with van der Waals surface area (Å²) in [5.74, 6) is 7.12. The molecule has 29 heavy (non-hydrogen) atoms. The highest BCUT2D eigenvalue weighted by Crippen LogP contribution is 2.25. The maximum Gasteiger partial charge on any atom is 0.410 e. The van der Waals surface area contributed by atoms with Crippen molar-refractivity contribution in [1.82, 2.24) is 9.80 Å². The Labute approximate surface area is 176 Å². The quantitative estimate of drug-likeness (QED) is 0.516. The lowest BCUT2D eigenvalue weighted by Crippen LogP contribution is -2.41. The van der Waals surface area contributed by atoms with Crippen LogP contribution in [0.15, 0.2) is 0 Å². The molecule has 1 saturated carbocycles. The van der Waals surface area contributed by atoms with Crippen LogP contribution in [0.1, 0.15) is 65.7 Å². The number of amides is 2. The van der Waals surface area contributed by atoms with Crippen molar-refractivity contribution in [2.24, 2.45) is 11.8 Å². The van der Waals surface area contributed by atoms with Gasteiger partial charge < -0.3 is 19.3 Å². The molecule has 2 rings (SSSR count). The van der Waals surface area contributed by atoms with Crippen LogP contribution in [-0.4, -0.2) is 67.3 Å². The van der Waals surface area contributed by atoms with Gasteiger partial charge in [-0.3, -0.25) is 4.79 Å². The number of rotatable bonds is 5. The lowest BCUT2D eigenvalue weighted by Gasteiger charge is -2.31. The van der Waals surface area contributed by atoms with Crippen LogP contribution < -0.4 is 0 Å². The lowest BCUT2D eigenvalue weighted by molar-refractivity contribution is -0.135. The van der Waals surface area contributed by atoms with Crippen LogP contribution in [0.25, 0.3) is 0 Å². The van der Waals surface area contributed by atoms with E-state index in [9.17, 15) is 9.59 Å². The van der Waals surface area contributed by atoms with Gasteiger partial charge in [0, 0.05) is 38.5 Å². The molecule has 0 spiro atoms. The Kier molecular flexibility index (Phi) is 9.29. The first-order chi connectivity index (χ1) is 13.8. The summed E-state index contributed by atoms with van der Waals surface area (Å²) < 4.78 is 11.0. The Morgan fingerprint density at radius 2 is 1.72 bits per heavy atom. The van der Waals surface area contributed by atoms with Crippen LogP contribution in [0.4, 0.5) is 4.79 Å². The van der Waals surface area contributed by atoms with E-state index in [-0.39, 0.29) is 17.9 Å². The number of piperidine rings is 1. The number of ether oxygens (including phenoxy) is 2. The topological polar surface area (TPSA) is 59.1 Å². The molecule has 2 fully saturated rings. The first-order valence-electron chi connectivity index (χ1n) is 11.1. The second-order valence-electron chi connectivity index (χ2n) is 9.21. The van der Waals surface area contributed by atoms with E-state index in [1.165, 1.54) is 19.3 Å². The second-order valence-corrected chi connectivity index (χ2v) is 9.21. The first kappa shape index (κ1) is 23.5. The van der Waals surface area contributed by atoms with Crippen molar-refractivity contribution in [3.05, 3.63) is 0 Å². The van der Waals surface area contributed by atoms with Crippen molar-refractivity contribution in [2.45, 2.75) is 71.3 Å². The number of likely N-dealkylation sites (N-methyl/N-ethyl adjacent to an activating group) is 1. The van der Waals surface area contributed by atoms with Crippen LogP contribution in [0, 0.1) is 23.7 Å². The third-order valence-electron chi connectivity index (χ3n) is 5.53. The lowest BCUT2D eigenvalue weighted by atomic mass is 9.88. The number of nitrogens with zero attached hydrogens (tertiary/aromatic N) is 2. The van der Waals surface area contributed by atoms with Gasteiger partial charge in [0.25, 0.3) is 0 Å². The number of hydrogen-bond donors (Lipinski definition) is 0. The van der Waals surface area contributed by atoms with Crippen LogP contribution in [0.2, 0.25) is 0 Å². The van der Waals surface area contributed by atoms with E-state index < -0.39 is 5.60 Å². The smallest absolute Gasteiger partial charge is 0.410 e. The Morgan fingerprint density at radius 1 is 1.07 bits per heavy atom. The number of likely N-dealkylation sites (tertiary alicyclic amines) is 1. The van der Waals surface area contributed by atoms with Crippen LogP contribution in [0.3, 0.4) is 0 Å². The van der Waals surface area contributed by atoms with E-state index in [2.05, 4.69) is 11.8 Å². The second kappa shape index (κ2) is 11.4. The van der Waals surface area contributed by atoms with Gasteiger partial charge in [0.1, 0.15) is 12.2 Å². The third-order valence-corrected chi connectivity index (χ3v) is 5.53. The predicted octanol–water partition coefficient (Wildman–Crippen LogP) is 3.69. The highest BCUT2D eigenvalue weighted by atomic mass is 16.6. The zero-order chi connectivity index (χ0) is 21.3. The molecule has 0 unspecified atom stereocenters. The van der Waals surface area contributed by atoms with Crippen LogP contribution in [-0.2, 0) is 14.3 Å². The van der Waals surface area contributed by atoms with Crippen LogP contribution >= 0.6 is 0 Å². The molecule has 6 heteroatoms. The predicted molar refractivity (Wildman–Crippen MR) is 113 cm³/mol. The molecule has 2 amide bonds. The van der Waals surface area contributed by atoms with E-state index >= 15 is 0 Å². The Hall–Kier alpha value is -1.74. The molecule has 1 saturated heterocycles. The minimum absolute atomic E-state index is 0.208. The van der Waals surface area contributed by atoms with E-state index in [0.717, 1.165) is 25.7 Å². The summed E-state index contributed by atoms with van der Waals surface area (Å²) in [5, 5.41) is 0. The molecule has 0 aromatic heterocycles. The first-order valence-corrected chi connectivity index (χ1v) is 11.1. The van der Waals surface area contributed by atoms with Crippen molar-refractivity contribution in [1.29, 1.82) is 0 Å².